The third kappa shape index (κ3) is 3.58. The Hall–Kier alpha value is -2.41. The first-order valence-electron chi connectivity index (χ1n) is 8.52. The van der Waals surface area contributed by atoms with Crippen LogP contribution in [0.2, 0.25) is 0 Å². The van der Waals surface area contributed by atoms with Gasteiger partial charge in [0.25, 0.3) is 5.92 Å². The van der Waals surface area contributed by atoms with Crippen LogP contribution >= 0.6 is 11.3 Å². The predicted molar refractivity (Wildman–Crippen MR) is 101 cm³/mol. The Morgan fingerprint density at radius 1 is 1.31 bits per heavy atom. The second-order valence-corrected chi connectivity index (χ2v) is 7.60. The van der Waals surface area contributed by atoms with Gasteiger partial charge in [0.2, 0.25) is 5.95 Å². The molecule has 1 aliphatic rings. The minimum Gasteiger partial charge on any atom is -0.348 e. The lowest BCUT2D eigenvalue weighted by Gasteiger charge is -2.13. The molecule has 0 unspecified atom stereocenters. The number of hydrogen-bond donors (Lipinski definition) is 1. The number of thiophene rings is 1. The van der Waals surface area contributed by atoms with E-state index in [2.05, 4.69) is 32.4 Å². The summed E-state index contributed by atoms with van der Waals surface area (Å²) in [4.78, 5) is 14.1. The lowest BCUT2D eigenvalue weighted by atomic mass is 10.0. The number of fused-ring (bicyclic) bond motifs is 2. The maximum atomic E-state index is 13.1. The Morgan fingerprint density at radius 2 is 2.19 bits per heavy atom. The van der Waals surface area contributed by atoms with Crippen molar-refractivity contribution in [3.63, 3.8) is 0 Å². The molecule has 3 heterocycles. The van der Waals surface area contributed by atoms with Gasteiger partial charge in [-0.05, 0) is 37.0 Å². The van der Waals surface area contributed by atoms with Crippen LogP contribution in [0, 0.1) is 0 Å². The van der Waals surface area contributed by atoms with Gasteiger partial charge in [0.05, 0.1) is 12.2 Å². The fourth-order valence-corrected chi connectivity index (χ4v) is 4.11. The van der Waals surface area contributed by atoms with Crippen LogP contribution in [0.25, 0.3) is 15.7 Å². The SMILES string of the molecule is CC(F)(F)CNc1ncc2c(n1)CCCC=C2c1cc2cnccc2s1. The third-order valence-electron chi connectivity index (χ3n) is 4.26. The molecule has 1 N–H and O–H groups in total. The van der Waals surface area contributed by atoms with E-state index in [0.29, 0.717) is 0 Å². The Morgan fingerprint density at radius 3 is 3.00 bits per heavy atom. The van der Waals surface area contributed by atoms with Gasteiger partial charge in [-0.3, -0.25) is 4.98 Å². The van der Waals surface area contributed by atoms with Gasteiger partial charge in [-0.1, -0.05) is 6.08 Å². The number of pyridine rings is 1. The number of anilines is 1. The maximum absolute atomic E-state index is 13.1. The summed E-state index contributed by atoms with van der Waals surface area (Å²) in [5.74, 6) is -2.54. The molecule has 0 fully saturated rings. The number of aromatic nitrogens is 3. The van der Waals surface area contributed by atoms with E-state index in [1.807, 2.05) is 12.3 Å². The maximum Gasteiger partial charge on any atom is 0.262 e. The molecule has 134 valence electrons. The van der Waals surface area contributed by atoms with Crippen LogP contribution in [-0.2, 0) is 6.42 Å². The van der Waals surface area contributed by atoms with E-state index >= 15 is 0 Å². The summed E-state index contributed by atoms with van der Waals surface area (Å²) < 4.78 is 27.3. The Bertz CT molecular complexity index is 942. The largest absolute Gasteiger partial charge is 0.348 e. The van der Waals surface area contributed by atoms with Gasteiger partial charge in [-0.15, -0.1) is 11.3 Å². The number of nitrogens with one attached hydrogen (secondary N) is 1. The van der Waals surface area contributed by atoms with Gasteiger partial charge in [0.15, 0.2) is 0 Å². The summed E-state index contributed by atoms with van der Waals surface area (Å²) in [5, 5.41) is 3.75. The van der Waals surface area contributed by atoms with Crippen LogP contribution in [0.4, 0.5) is 14.7 Å². The molecule has 0 saturated heterocycles. The molecular formula is C19H18F2N4S. The number of aryl methyl sites for hydroxylation is 1. The van der Waals surface area contributed by atoms with Crippen molar-refractivity contribution in [3.05, 3.63) is 52.9 Å². The normalized spacial score (nSPS) is 14.7. The molecule has 0 radical (unpaired) electrons. The van der Waals surface area contributed by atoms with Crippen molar-refractivity contribution < 1.29 is 8.78 Å². The van der Waals surface area contributed by atoms with Crippen LogP contribution < -0.4 is 5.32 Å². The molecule has 26 heavy (non-hydrogen) atoms. The highest BCUT2D eigenvalue weighted by Crippen LogP contribution is 2.36. The van der Waals surface area contributed by atoms with E-state index in [4.69, 9.17) is 0 Å². The summed E-state index contributed by atoms with van der Waals surface area (Å²) in [5.41, 5.74) is 3.00. The van der Waals surface area contributed by atoms with E-state index in [1.54, 1.807) is 23.7 Å². The Balaban J connectivity index is 1.69. The van der Waals surface area contributed by atoms with E-state index in [9.17, 15) is 8.78 Å². The van der Waals surface area contributed by atoms with Crippen LogP contribution in [0.15, 0.2) is 36.8 Å². The molecule has 0 amide bonds. The fraction of sp³-hybridized carbons (Fsp3) is 0.316. The minimum atomic E-state index is -2.80. The summed E-state index contributed by atoms with van der Waals surface area (Å²) in [7, 11) is 0. The van der Waals surface area contributed by atoms with E-state index in [0.717, 1.165) is 53.3 Å². The summed E-state index contributed by atoms with van der Waals surface area (Å²) in [6.45, 7) is 0.401. The van der Waals surface area contributed by atoms with Gasteiger partial charge in [-0.2, -0.15) is 0 Å². The minimum absolute atomic E-state index is 0.257. The van der Waals surface area contributed by atoms with Crippen molar-refractivity contribution in [3.8, 4) is 0 Å². The van der Waals surface area contributed by atoms with Gasteiger partial charge in [0.1, 0.15) is 0 Å². The number of alkyl halides is 2. The van der Waals surface area contributed by atoms with Crippen LogP contribution in [0.1, 0.15) is 35.9 Å². The molecule has 7 heteroatoms. The molecule has 0 saturated carbocycles. The van der Waals surface area contributed by atoms with E-state index in [1.165, 1.54) is 4.70 Å². The zero-order valence-electron chi connectivity index (χ0n) is 14.3. The monoisotopic (exact) mass is 372 g/mol. The fourth-order valence-electron chi connectivity index (χ4n) is 3.03. The highest BCUT2D eigenvalue weighted by molar-refractivity contribution is 7.20. The van der Waals surface area contributed by atoms with Crippen molar-refractivity contribution in [2.45, 2.75) is 32.1 Å². The van der Waals surface area contributed by atoms with E-state index < -0.39 is 12.5 Å². The van der Waals surface area contributed by atoms with Crippen molar-refractivity contribution in [1.29, 1.82) is 0 Å². The van der Waals surface area contributed by atoms with Gasteiger partial charge < -0.3 is 5.32 Å². The zero-order valence-corrected chi connectivity index (χ0v) is 15.1. The highest BCUT2D eigenvalue weighted by atomic mass is 32.1. The van der Waals surface area contributed by atoms with Gasteiger partial charge in [-0.25, -0.2) is 18.7 Å². The molecule has 1 aliphatic carbocycles. The molecule has 4 nitrogen and oxygen atoms in total. The second kappa shape index (κ2) is 6.72. The van der Waals surface area contributed by atoms with Crippen LogP contribution in [0.3, 0.4) is 0 Å². The summed E-state index contributed by atoms with van der Waals surface area (Å²) in [6, 6.07) is 4.15. The first-order valence-corrected chi connectivity index (χ1v) is 9.33. The van der Waals surface area contributed by atoms with Crippen molar-refractivity contribution in [2.24, 2.45) is 0 Å². The molecule has 0 spiro atoms. The van der Waals surface area contributed by atoms with Crippen LogP contribution in [0.5, 0.6) is 0 Å². The van der Waals surface area contributed by atoms with Crippen molar-refractivity contribution in [2.75, 3.05) is 11.9 Å². The summed E-state index contributed by atoms with van der Waals surface area (Å²) in [6.07, 6.45) is 10.4. The highest BCUT2D eigenvalue weighted by Gasteiger charge is 2.22. The lowest BCUT2D eigenvalue weighted by Crippen LogP contribution is -2.24. The van der Waals surface area contributed by atoms with Crippen molar-refractivity contribution >= 4 is 32.9 Å². The van der Waals surface area contributed by atoms with E-state index in [-0.39, 0.29) is 5.95 Å². The average molecular weight is 372 g/mol. The quantitative estimate of drug-likeness (QED) is 0.706. The topological polar surface area (TPSA) is 50.7 Å². The molecule has 3 aromatic rings. The number of rotatable bonds is 4. The molecule has 0 aromatic carbocycles. The summed E-state index contributed by atoms with van der Waals surface area (Å²) >= 11 is 1.72. The molecule has 4 rings (SSSR count). The molecule has 0 aliphatic heterocycles. The smallest absolute Gasteiger partial charge is 0.262 e. The number of allylic oxidation sites excluding steroid dienone is 1. The van der Waals surface area contributed by atoms with Crippen LogP contribution in [-0.4, -0.2) is 27.4 Å². The predicted octanol–water partition coefficient (Wildman–Crippen LogP) is 4.92. The Kier molecular flexibility index (Phi) is 4.40. The van der Waals surface area contributed by atoms with Gasteiger partial charge >= 0.3 is 0 Å². The average Bonchev–Trinajstić information content (AvgIpc) is 2.92. The second-order valence-electron chi connectivity index (χ2n) is 6.51. The zero-order chi connectivity index (χ0) is 18.1. The van der Waals surface area contributed by atoms with Crippen molar-refractivity contribution in [1.82, 2.24) is 15.0 Å². The first-order chi connectivity index (χ1) is 12.5. The molecule has 0 atom stereocenters. The molecule has 3 aromatic heterocycles. The molecular weight excluding hydrogens is 354 g/mol. The first kappa shape index (κ1) is 17.0. The standard InChI is InChI=1S/C19H18F2N4S/c1-19(20,21)11-24-18-23-10-14-13(4-2-3-5-15(14)25-18)17-8-12-9-22-7-6-16(12)26-17/h4,6-10H,2-3,5,11H2,1H3,(H,23,24,25). The molecule has 0 bridgehead atoms. The number of halogens is 2. The van der Waals surface area contributed by atoms with Gasteiger partial charge in [0, 0.05) is 46.0 Å². The lowest BCUT2D eigenvalue weighted by molar-refractivity contribution is 0.0366. The number of hydrogen-bond acceptors (Lipinski definition) is 5. The Labute approximate surface area is 154 Å². The third-order valence-corrected chi connectivity index (χ3v) is 5.41. The number of nitrogens with zero attached hydrogens (tertiary/aromatic N) is 3.